The summed E-state index contributed by atoms with van der Waals surface area (Å²) in [6.07, 6.45) is -0.965. The molecule has 0 unspecified atom stereocenters. The van der Waals surface area contributed by atoms with Crippen LogP contribution in [0.2, 0.25) is 0 Å². The third kappa shape index (κ3) is 5.22. The number of nitrogens with one attached hydrogen (secondary N) is 1. The Bertz CT molecular complexity index is 1150. The lowest BCUT2D eigenvalue weighted by Crippen LogP contribution is -2.32. The molecular formula is C28H29NO5. The maximum Gasteiger partial charge on any atom is 0.407 e. The first-order valence-corrected chi connectivity index (χ1v) is 11.3. The van der Waals surface area contributed by atoms with Gasteiger partial charge in [0, 0.05) is 11.5 Å². The van der Waals surface area contributed by atoms with Crippen LogP contribution < -0.4 is 10.1 Å². The number of hydrogen-bond donors (Lipinski definition) is 2. The van der Waals surface area contributed by atoms with Crippen LogP contribution in [-0.2, 0) is 9.53 Å². The molecule has 0 saturated carbocycles. The summed E-state index contributed by atoms with van der Waals surface area (Å²) in [7, 11) is 0. The van der Waals surface area contributed by atoms with Crippen LogP contribution in [0.1, 0.15) is 55.8 Å². The van der Waals surface area contributed by atoms with E-state index in [9.17, 15) is 14.7 Å². The van der Waals surface area contributed by atoms with Gasteiger partial charge in [-0.15, -0.1) is 0 Å². The Morgan fingerprint density at radius 2 is 1.47 bits per heavy atom. The van der Waals surface area contributed by atoms with Crippen LogP contribution in [0.25, 0.3) is 11.1 Å². The van der Waals surface area contributed by atoms with E-state index in [2.05, 4.69) is 29.6 Å². The first-order valence-electron chi connectivity index (χ1n) is 11.3. The lowest BCUT2D eigenvalue weighted by atomic mass is 9.98. The highest BCUT2D eigenvalue weighted by molar-refractivity contribution is 5.79. The van der Waals surface area contributed by atoms with Crippen molar-refractivity contribution in [3.8, 4) is 16.9 Å². The maximum absolute atomic E-state index is 12.8. The zero-order valence-corrected chi connectivity index (χ0v) is 19.6. The van der Waals surface area contributed by atoms with Crippen molar-refractivity contribution in [1.29, 1.82) is 0 Å². The first kappa shape index (κ1) is 23.4. The normalized spacial score (nSPS) is 13.5. The van der Waals surface area contributed by atoms with E-state index in [0.29, 0.717) is 11.3 Å². The number of carboxylic acids is 1. The molecule has 4 rings (SSSR count). The monoisotopic (exact) mass is 459 g/mol. The molecule has 34 heavy (non-hydrogen) atoms. The molecule has 0 bridgehead atoms. The molecule has 3 aromatic carbocycles. The Balaban J connectivity index is 1.51. The second-order valence-corrected chi connectivity index (χ2v) is 9.37. The smallest absolute Gasteiger partial charge is 0.407 e. The van der Waals surface area contributed by atoms with Gasteiger partial charge < -0.3 is 19.9 Å². The van der Waals surface area contributed by atoms with Crippen LogP contribution in [0, 0.1) is 0 Å². The molecule has 0 heterocycles. The fraction of sp³-hybridized carbons (Fsp3) is 0.286. The van der Waals surface area contributed by atoms with Crippen LogP contribution in [0.5, 0.6) is 5.75 Å². The van der Waals surface area contributed by atoms with Gasteiger partial charge in [-0.3, -0.25) is 4.79 Å². The number of carbonyl (C=O) groups is 2. The van der Waals surface area contributed by atoms with Gasteiger partial charge in [0.2, 0.25) is 0 Å². The Kier molecular flexibility index (Phi) is 6.59. The molecule has 0 fully saturated rings. The number of rotatable bonds is 7. The van der Waals surface area contributed by atoms with E-state index >= 15 is 0 Å². The number of hydrogen-bond acceptors (Lipinski definition) is 4. The molecule has 2 N–H and O–H groups in total. The summed E-state index contributed by atoms with van der Waals surface area (Å²) in [5.41, 5.74) is 4.62. The van der Waals surface area contributed by atoms with Crippen LogP contribution >= 0.6 is 0 Å². The number of para-hydroxylation sites is 1. The number of aliphatic carboxylic acids is 1. The molecule has 0 radical (unpaired) electrons. The van der Waals surface area contributed by atoms with E-state index in [1.54, 1.807) is 18.2 Å². The minimum absolute atomic E-state index is 0.0763. The van der Waals surface area contributed by atoms with Crippen LogP contribution in [0.4, 0.5) is 4.79 Å². The molecule has 1 atom stereocenters. The number of fused-ring (bicyclic) bond motifs is 3. The number of amides is 1. The number of alkyl carbamates (subject to hydrolysis) is 1. The van der Waals surface area contributed by atoms with Crippen molar-refractivity contribution >= 4 is 12.1 Å². The van der Waals surface area contributed by atoms with Crippen molar-refractivity contribution in [2.75, 3.05) is 6.61 Å². The van der Waals surface area contributed by atoms with Gasteiger partial charge in [-0.2, -0.15) is 0 Å². The van der Waals surface area contributed by atoms with Crippen molar-refractivity contribution in [2.24, 2.45) is 0 Å². The molecule has 6 nitrogen and oxygen atoms in total. The maximum atomic E-state index is 12.8. The van der Waals surface area contributed by atoms with E-state index in [-0.39, 0.29) is 18.9 Å². The van der Waals surface area contributed by atoms with Gasteiger partial charge in [0.1, 0.15) is 18.0 Å². The third-order valence-corrected chi connectivity index (χ3v) is 5.73. The van der Waals surface area contributed by atoms with E-state index in [1.807, 2.05) is 51.1 Å². The average Bonchev–Trinajstić information content (AvgIpc) is 3.10. The fourth-order valence-corrected chi connectivity index (χ4v) is 4.39. The van der Waals surface area contributed by atoms with Crippen molar-refractivity contribution in [3.63, 3.8) is 0 Å². The van der Waals surface area contributed by atoms with Crippen molar-refractivity contribution in [1.82, 2.24) is 5.32 Å². The summed E-state index contributed by atoms with van der Waals surface area (Å²) >= 11 is 0. The predicted molar refractivity (Wildman–Crippen MR) is 130 cm³/mol. The fourth-order valence-electron chi connectivity index (χ4n) is 4.39. The molecule has 3 aromatic rings. The van der Waals surface area contributed by atoms with Crippen LogP contribution in [0.3, 0.4) is 0 Å². The molecular weight excluding hydrogens is 430 g/mol. The standard InChI is InChI=1S/C28H29NO5/c1-28(2,3)34-25-15-9-8-14-22(25)24(16-26(30)31)29-27(32)33-17-23-20-12-6-4-10-18(20)19-11-5-7-13-21(19)23/h4-15,23-24H,16-17H2,1-3H3,(H,29,32)(H,30,31)/t24-/m1/s1. The SMILES string of the molecule is CC(C)(C)Oc1ccccc1[C@@H](CC(=O)O)NC(=O)OCC1c2ccccc2-c2ccccc21. The summed E-state index contributed by atoms with van der Waals surface area (Å²) < 4.78 is 11.6. The molecule has 0 aromatic heterocycles. The molecule has 0 spiro atoms. The number of carboxylic acid groups (broad SMARTS) is 1. The quantitative estimate of drug-likeness (QED) is 0.458. The van der Waals surface area contributed by atoms with Crippen LogP contribution in [0.15, 0.2) is 72.8 Å². The number of ether oxygens (including phenoxy) is 2. The van der Waals surface area contributed by atoms with Gasteiger partial charge >= 0.3 is 12.1 Å². The number of benzene rings is 3. The predicted octanol–water partition coefficient (Wildman–Crippen LogP) is 5.92. The van der Waals surface area contributed by atoms with E-state index in [1.165, 1.54) is 0 Å². The summed E-state index contributed by atoms with van der Waals surface area (Å²) in [6, 6.07) is 22.5. The molecule has 176 valence electrons. The Hall–Kier alpha value is -3.80. The first-order chi connectivity index (χ1) is 16.2. The number of carbonyl (C=O) groups excluding carboxylic acids is 1. The second-order valence-electron chi connectivity index (χ2n) is 9.37. The van der Waals surface area contributed by atoms with E-state index in [4.69, 9.17) is 9.47 Å². The van der Waals surface area contributed by atoms with Crippen molar-refractivity contribution in [3.05, 3.63) is 89.5 Å². The van der Waals surface area contributed by atoms with Gasteiger partial charge in [-0.25, -0.2) is 4.79 Å². The lowest BCUT2D eigenvalue weighted by molar-refractivity contribution is -0.137. The van der Waals surface area contributed by atoms with E-state index < -0.39 is 23.7 Å². The van der Waals surface area contributed by atoms with Crippen molar-refractivity contribution < 1.29 is 24.2 Å². The largest absolute Gasteiger partial charge is 0.488 e. The molecule has 0 saturated heterocycles. The molecule has 1 amide bonds. The highest BCUT2D eigenvalue weighted by Gasteiger charge is 2.30. The van der Waals surface area contributed by atoms with Crippen molar-refractivity contribution in [2.45, 2.75) is 44.8 Å². The van der Waals surface area contributed by atoms with Crippen LogP contribution in [-0.4, -0.2) is 29.4 Å². The summed E-state index contributed by atoms with van der Waals surface area (Å²) in [5.74, 6) is -0.581. The Morgan fingerprint density at radius 3 is 2.06 bits per heavy atom. The zero-order chi connectivity index (χ0) is 24.3. The highest BCUT2D eigenvalue weighted by atomic mass is 16.5. The lowest BCUT2D eigenvalue weighted by Gasteiger charge is -2.26. The van der Waals surface area contributed by atoms with E-state index in [0.717, 1.165) is 22.3 Å². The second kappa shape index (κ2) is 9.59. The average molecular weight is 460 g/mol. The minimum atomic E-state index is -1.03. The Morgan fingerprint density at radius 1 is 0.912 bits per heavy atom. The summed E-state index contributed by atoms with van der Waals surface area (Å²) in [4.78, 5) is 24.4. The minimum Gasteiger partial charge on any atom is -0.488 e. The highest BCUT2D eigenvalue weighted by Crippen LogP contribution is 2.44. The summed E-state index contributed by atoms with van der Waals surface area (Å²) in [5, 5.41) is 12.2. The van der Waals surface area contributed by atoms with Gasteiger partial charge in [0.05, 0.1) is 12.5 Å². The molecule has 1 aliphatic carbocycles. The third-order valence-electron chi connectivity index (χ3n) is 5.73. The zero-order valence-electron chi connectivity index (χ0n) is 19.6. The molecule has 1 aliphatic rings. The van der Waals surface area contributed by atoms with Gasteiger partial charge in [0.15, 0.2) is 0 Å². The topological polar surface area (TPSA) is 84.9 Å². The Labute approximate surface area is 199 Å². The molecule has 0 aliphatic heterocycles. The summed E-state index contributed by atoms with van der Waals surface area (Å²) in [6.45, 7) is 5.89. The van der Waals surface area contributed by atoms with Gasteiger partial charge in [0.25, 0.3) is 0 Å². The van der Waals surface area contributed by atoms with Gasteiger partial charge in [-0.05, 0) is 49.1 Å². The van der Waals surface area contributed by atoms with Gasteiger partial charge in [-0.1, -0.05) is 66.7 Å². The molecule has 6 heteroatoms.